The fraction of sp³-hybridized carbons (Fsp3) is 0.263. The summed E-state index contributed by atoms with van der Waals surface area (Å²) in [6, 6.07) is 10.6. The molecule has 0 amide bonds. The van der Waals surface area contributed by atoms with Gasteiger partial charge in [0.25, 0.3) is 0 Å². The van der Waals surface area contributed by atoms with Gasteiger partial charge in [0.2, 0.25) is 0 Å². The van der Waals surface area contributed by atoms with Crippen molar-refractivity contribution < 1.29 is 28.2 Å². The van der Waals surface area contributed by atoms with Crippen LogP contribution < -0.4 is 14.8 Å². The van der Waals surface area contributed by atoms with Crippen LogP contribution in [-0.2, 0) is 9.53 Å². The van der Waals surface area contributed by atoms with Gasteiger partial charge >= 0.3 is 11.9 Å². The van der Waals surface area contributed by atoms with Crippen molar-refractivity contribution in [2.24, 2.45) is 0 Å². The van der Waals surface area contributed by atoms with Gasteiger partial charge in [0, 0.05) is 19.2 Å². The van der Waals surface area contributed by atoms with Crippen LogP contribution in [0.15, 0.2) is 42.5 Å². The molecular formula is C19H20FNO5. The average Bonchev–Trinajstić information content (AvgIpc) is 2.63. The minimum Gasteiger partial charge on any atom is -0.494 e. The second-order valence-electron chi connectivity index (χ2n) is 5.38. The van der Waals surface area contributed by atoms with Gasteiger partial charge in [-0.05, 0) is 48.9 Å². The molecule has 0 spiro atoms. The Labute approximate surface area is 150 Å². The van der Waals surface area contributed by atoms with E-state index in [-0.39, 0.29) is 17.1 Å². The lowest BCUT2D eigenvalue weighted by Crippen LogP contribution is -2.11. The number of carbonyl (C=O) groups is 2. The number of rotatable bonds is 8. The Bertz CT molecular complexity index is 761. The highest BCUT2D eigenvalue weighted by atomic mass is 19.1. The Morgan fingerprint density at radius 3 is 2.50 bits per heavy atom. The zero-order valence-electron chi connectivity index (χ0n) is 14.6. The van der Waals surface area contributed by atoms with Crippen LogP contribution in [0.1, 0.15) is 23.7 Å². The highest BCUT2D eigenvalue weighted by Gasteiger charge is 2.15. The van der Waals surface area contributed by atoms with Crippen LogP contribution in [0.3, 0.4) is 0 Å². The molecule has 0 atom stereocenters. The number of methoxy groups -OCH3 is 1. The number of halogens is 1. The first-order valence-corrected chi connectivity index (χ1v) is 8.02. The monoisotopic (exact) mass is 361 g/mol. The second-order valence-corrected chi connectivity index (χ2v) is 5.38. The van der Waals surface area contributed by atoms with Crippen molar-refractivity contribution in [3.05, 3.63) is 53.8 Å². The van der Waals surface area contributed by atoms with E-state index in [0.29, 0.717) is 31.0 Å². The maximum Gasteiger partial charge on any atom is 0.341 e. The topological polar surface area (TPSA) is 73.9 Å². The van der Waals surface area contributed by atoms with Crippen molar-refractivity contribution in [3.63, 3.8) is 0 Å². The van der Waals surface area contributed by atoms with Crippen LogP contribution in [0, 0.1) is 5.82 Å². The Morgan fingerprint density at radius 1 is 1.12 bits per heavy atom. The van der Waals surface area contributed by atoms with E-state index in [4.69, 9.17) is 14.2 Å². The average molecular weight is 361 g/mol. The summed E-state index contributed by atoms with van der Waals surface area (Å²) in [5, 5.41) is 3.15. The summed E-state index contributed by atoms with van der Waals surface area (Å²) in [4.78, 5) is 23.0. The lowest BCUT2D eigenvalue weighted by molar-refractivity contribution is -0.131. The maximum atomic E-state index is 12.8. The van der Waals surface area contributed by atoms with Crippen molar-refractivity contribution in [3.8, 4) is 11.5 Å². The van der Waals surface area contributed by atoms with Crippen LogP contribution in [0.2, 0.25) is 0 Å². The van der Waals surface area contributed by atoms with Crippen LogP contribution >= 0.6 is 0 Å². The van der Waals surface area contributed by atoms with Crippen LogP contribution in [0.5, 0.6) is 11.5 Å². The van der Waals surface area contributed by atoms with Gasteiger partial charge in [0.15, 0.2) is 0 Å². The lowest BCUT2D eigenvalue weighted by atomic mass is 10.1. The Morgan fingerprint density at radius 2 is 1.85 bits per heavy atom. The molecule has 0 aliphatic rings. The first kappa shape index (κ1) is 19.2. The van der Waals surface area contributed by atoms with Crippen molar-refractivity contribution in [1.82, 2.24) is 0 Å². The van der Waals surface area contributed by atoms with E-state index in [1.165, 1.54) is 32.2 Å². The predicted octanol–water partition coefficient (Wildman–Crippen LogP) is 3.42. The Hall–Kier alpha value is -3.09. The Balaban J connectivity index is 1.87. The molecule has 0 fully saturated rings. The minimum absolute atomic E-state index is 0.148. The quantitative estimate of drug-likeness (QED) is 0.441. The normalized spacial score (nSPS) is 10.1. The zero-order valence-corrected chi connectivity index (χ0v) is 14.6. The number of carbonyl (C=O) groups excluding carboxylic acids is 2. The molecule has 0 aliphatic heterocycles. The van der Waals surface area contributed by atoms with Gasteiger partial charge in [-0.2, -0.15) is 0 Å². The van der Waals surface area contributed by atoms with Gasteiger partial charge in [-0.1, -0.05) is 0 Å². The summed E-state index contributed by atoms with van der Waals surface area (Å²) in [5.41, 5.74) is 0.846. The molecule has 0 bridgehead atoms. The van der Waals surface area contributed by atoms with Crippen LogP contribution in [0.4, 0.5) is 10.1 Å². The number of hydrogen-bond acceptors (Lipinski definition) is 6. The molecular weight excluding hydrogens is 341 g/mol. The molecule has 0 saturated carbocycles. The number of nitrogens with one attached hydrogen (secondary N) is 1. The third-order valence-corrected chi connectivity index (χ3v) is 3.37. The summed E-state index contributed by atoms with van der Waals surface area (Å²) in [7, 11) is 1.26. The van der Waals surface area contributed by atoms with E-state index >= 15 is 0 Å². The highest BCUT2D eigenvalue weighted by molar-refractivity contribution is 5.94. The zero-order chi connectivity index (χ0) is 18.9. The van der Waals surface area contributed by atoms with E-state index in [9.17, 15) is 14.0 Å². The summed E-state index contributed by atoms with van der Waals surface area (Å²) in [6.45, 7) is 2.30. The first-order chi connectivity index (χ1) is 12.5. The molecule has 0 unspecified atom stereocenters. The van der Waals surface area contributed by atoms with E-state index in [0.717, 1.165) is 0 Å². The summed E-state index contributed by atoms with van der Waals surface area (Å²) in [6.07, 6.45) is 0.691. The molecule has 6 nitrogen and oxygen atoms in total. The molecule has 0 radical (unpaired) electrons. The smallest absolute Gasteiger partial charge is 0.341 e. The molecule has 7 heteroatoms. The number of esters is 2. The molecule has 2 rings (SSSR count). The lowest BCUT2D eigenvalue weighted by Gasteiger charge is -2.12. The van der Waals surface area contributed by atoms with Gasteiger partial charge in [-0.25, -0.2) is 9.18 Å². The number of benzene rings is 2. The summed E-state index contributed by atoms with van der Waals surface area (Å²) in [5.74, 6) is -0.671. The number of ether oxygens (including phenoxy) is 3. The van der Waals surface area contributed by atoms with E-state index in [2.05, 4.69) is 5.32 Å². The van der Waals surface area contributed by atoms with Gasteiger partial charge in [-0.15, -0.1) is 0 Å². The molecule has 2 aromatic rings. The third kappa shape index (κ3) is 5.77. The molecule has 2 aromatic carbocycles. The van der Waals surface area contributed by atoms with Gasteiger partial charge in [-0.3, -0.25) is 4.79 Å². The molecule has 0 heterocycles. The van der Waals surface area contributed by atoms with Gasteiger partial charge in [0.1, 0.15) is 22.9 Å². The fourth-order valence-corrected chi connectivity index (χ4v) is 2.18. The van der Waals surface area contributed by atoms with E-state index in [1.54, 1.807) is 24.3 Å². The standard InChI is InChI=1S/C19H20FNO5/c1-13(22)26-18-9-6-15(12-17(18)19(23)24-2)21-10-3-11-25-16-7-4-14(20)5-8-16/h4-9,12,21H,3,10-11H2,1-2H3. The summed E-state index contributed by atoms with van der Waals surface area (Å²) < 4.78 is 28.0. The molecule has 0 aromatic heterocycles. The molecule has 138 valence electrons. The molecule has 26 heavy (non-hydrogen) atoms. The van der Waals surface area contributed by atoms with Crippen molar-refractivity contribution >= 4 is 17.6 Å². The summed E-state index contributed by atoms with van der Waals surface area (Å²) >= 11 is 0. The van der Waals surface area contributed by atoms with Crippen LogP contribution in [-0.4, -0.2) is 32.2 Å². The van der Waals surface area contributed by atoms with E-state index in [1.807, 2.05) is 0 Å². The van der Waals surface area contributed by atoms with Crippen molar-refractivity contribution in [2.75, 3.05) is 25.6 Å². The minimum atomic E-state index is -0.593. The molecule has 0 saturated heterocycles. The largest absolute Gasteiger partial charge is 0.494 e. The highest BCUT2D eigenvalue weighted by Crippen LogP contribution is 2.24. The number of anilines is 1. The predicted molar refractivity (Wildman–Crippen MR) is 94.1 cm³/mol. The first-order valence-electron chi connectivity index (χ1n) is 8.02. The van der Waals surface area contributed by atoms with Gasteiger partial charge in [0.05, 0.1) is 13.7 Å². The fourth-order valence-electron chi connectivity index (χ4n) is 2.18. The van der Waals surface area contributed by atoms with Crippen LogP contribution in [0.25, 0.3) is 0 Å². The Kier molecular flexibility index (Phi) is 6.96. The second kappa shape index (κ2) is 9.41. The number of hydrogen-bond donors (Lipinski definition) is 1. The van der Waals surface area contributed by atoms with E-state index < -0.39 is 11.9 Å². The van der Waals surface area contributed by atoms with Gasteiger partial charge < -0.3 is 19.5 Å². The molecule has 0 aliphatic carbocycles. The maximum absolute atomic E-state index is 12.8. The van der Waals surface area contributed by atoms with Crippen molar-refractivity contribution in [2.45, 2.75) is 13.3 Å². The molecule has 1 N–H and O–H groups in total. The SMILES string of the molecule is COC(=O)c1cc(NCCCOc2ccc(F)cc2)ccc1OC(C)=O. The van der Waals surface area contributed by atoms with Crippen molar-refractivity contribution in [1.29, 1.82) is 0 Å². The third-order valence-electron chi connectivity index (χ3n) is 3.37.